The zero-order chi connectivity index (χ0) is 16.1. The van der Waals surface area contributed by atoms with Gasteiger partial charge in [-0.1, -0.05) is 24.8 Å². The molecule has 7 heteroatoms. The molecule has 0 saturated heterocycles. The Kier molecular flexibility index (Phi) is 5.54. The number of hydrogen-bond acceptors (Lipinski definition) is 5. The van der Waals surface area contributed by atoms with Crippen LogP contribution >= 0.6 is 11.8 Å². The largest absolute Gasteiger partial charge is 0.353 e. The van der Waals surface area contributed by atoms with Crippen molar-refractivity contribution < 1.29 is 4.79 Å². The summed E-state index contributed by atoms with van der Waals surface area (Å²) in [5, 5.41) is 15.3. The highest BCUT2D eigenvalue weighted by molar-refractivity contribution is 7.99. The van der Waals surface area contributed by atoms with Crippen LogP contribution < -0.4 is 5.32 Å². The number of amides is 1. The van der Waals surface area contributed by atoms with Crippen LogP contribution in [0.15, 0.2) is 23.4 Å². The van der Waals surface area contributed by atoms with Crippen molar-refractivity contribution in [1.29, 1.82) is 0 Å². The van der Waals surface area contributed by atoms with E-state index >= 15 is 0 Å². The van der Waals surface area contributed by atoms with E-state index in [9.17, 15) is 4.79 Å². The molecule has 1 amide bonds. The van der Waals surface area contributed by atoms with E-state index < -0.39 is 0 Å². The van der Waals surface area contributed by atoms with Gasteiger partial charge in [-0.05, 0) is 60.9 Å². The molecule has 0 aliphatic carbocycles. The number of hydrogen-bond donors (Lipinski definition) is 1. The minimum atomic E-state index is -0.00557. The van der Waals surface area contributed by atoms with E-state index in [0.717, 1.165) is 12.1 Å². The molecule has 1 aromatic carbocycles. The predicted octanol–water partition coefficient (Wildman–Crippen LogP) is 2.29. The van der Waals surface area contributed by atoms with Crippen LogP contribution in [0.5, 0.6) is 0 Å². The zero-order valence-corrected chi connectivity index (χ0v) is 14.1. The molecule has 1 heterocycles. The summed E-state index contributed by atoms with van der Waals surface area (Å²) in [4.78, 5) is 11.8. The SMILES string of the molecule is CCC(C)NC(=O)CSc1nnnn1-c1ccc(C)c(C)c1. The van der Waals surface area contributed by atoms with Crippen molar-refractivity contribution >= 4 is 17.7 Å². The molecule has 2 aromatic rings. The molecule has 1 atom stereocenters. The first-order chi connectivity index (χ1) is 10.5. The van der Waals surface area contributed by atoms with E-state index in [-0.39, 0.29) is 11.9 Å². The van der Waals surface area contributed by atoms with Crippen molar-refractivity contribution in [3.63, 3.8) is 0 Å². The quantitative estimate of drug-likeness (QED) is 0.827. The van der Waals surface area contributed by atoms with Crippen molar-refractivity contribution in [2.45, 2.75) is 45.3 Å². The highest BCUT2D eigenvalue weighted by atomic mass is 32.2. The molecule has 0 radical (unpaired) electrons. The third-order valence-electron chi connectivity index (χ3n) is 3.53. The van der Waals surface area contributed by atoms with Gasteiger partial charge >= 0.3 is 0 Å². The first kappa shape index (κ1) is 16.5. The van der Waals surface area contributed by atoms with Crippen molar-refractivity contribution in [2.75, 3.05) is 5.75 Å². The number of aryl methyl sites for hydroxylation is 2. The molecule has 1 N–H and O–H groups in total. The lowest BCUT2D eigenvalue weighted by Crippen LogP contribution is -2.33. The van der Waals surface area contributed by atoms with Crippen molar-refractivity contribution in [1.82, 2.24) is 25.5 Å². The molecule has 0 spiro atoms. The van der Waals surface area contributed by atoms with Gasteiger partial charge in [0.1, 0.15) is 0 Å². The number of nitrogens with zero attached hydrogens (tertiary/aromatic N) is 4. The maximum absolute atomic E-state index is 11.8. The Morgan fingerprint density at radius 1 is 1.36 bits per heavy atom. The molecule has 6 nitrogen and oxygen atoms in total. The number of carbonyl (C=O) groups excluding carboxylic acids is 1. The van der Waals surface area contributed by atoms with Gasteiger partial charge in [0.05, 0.1) is 11.4 Å². The van der Waals surface area contributed by atoms with Gasteiger partial charge in [-0.15, -0.1) is 5.10 Å². The Balaban J connectivity index is 2.06. The van der Waals surface area contributed by atoms with Gasteiger partial charge in [-0.3, -0.25) is 4.79 Å². The number of nitrogens with one attached hydrogen (secondary N) is 1. The van der Waals surface area contributed by atoms with Crippen LogP contribution in [-0.4, -0.2) is 37.9 Å². The number of tetrazole rings is 1. The predicted molar refractivity (Wildman–Crippen MR) is 87.2 cm³/mol. The summed E-state index contributed by atoms with van der Waals surface area (Å²) in [6.07, 6.45) is 0.913. The van der Waals surface area contributed by atoms with E-state index in [1.165, 1.54) is 22.9 Å². The summed E-state index contributed by atoms with van der Waals surface area (Å²) < 4.78 is 1.66. The molecule has 0 aliphatic rings. The summed E-state index contributed by atoms with van der Waals surface area (Å²) in [5.41, 5.74) is 3.30. The van der Waals surface area contributed by atoms with Gasteiger partial charge in [-0.25, -0.2) is 0 Å². The van der Waals surface area contributed by atoms with Gasteiger partial charge < -0.3 is 5.32 Å². The minimum Gasteiger partial charge on any atom is -0.353 e. The first-order valence-electron chi connectivity index (χ1n) is 7.29. The maximum Gasteiger partial charge on any atom is 0.230 e. The summed E-state index contributed by atoms with van der Waals surface area (Å²) in [5.74, 6) is 0.296. The monoisotopic (exact) mass is 319 g/mol. The molecule has 0 fully saturated rings. The van der Waals surface area contributed by atoms with E-state index in [4.69, 9.17) is 0 Å². The van der Waals surface area contributed by atoms with Crippen LogP contribution in [0.1, 0.15) is 31.4 Å². The smallest absolute Gasteiger partial charge is 0.230 e. The average Bonchev–Trinajstić information content (AvgIpc) is 2.96. The first-order valence-corrected chi connectivity index (χ1v) is 8.28. The second kappa shape index (κ2) is 7.40. The fraction of sp³-hybridized carbons (Fsp3) is 0.467. The van der Waals surface area contributed by atoms with Crippen LogP contribution in [0.25, 0.3) is 5.69 Å². The second-order valence-electron chi connectivity index (χ2n) is 5.31. The molecule has 1 aromatic heterocycles. The van der Waals surface area contributed by atoms with E-state index in [1.807, 2.05) is 32.0 Å². The fourth-order valence-electron chi connectivity index (χ4n) is 1.84. The van der Waals surface area contributed by atoms with E-state index in [0.29, 0.717) is 10.9 Å². The summed E-state index contributed by atoms with van der Waals surface area (Å²) in [7, 11) is 0. The number of rotatable bonds is 6. The minimum absolute atomic E-state index is 0.00557. The summed E-state index contributed by atoms with van der Waals surface area (Å²) >= 11 is 1.33. The zero-order valence-electron chi connectivity index (χ0n) is 13.3. The lowest BCUT2D eigenvalue weighted by molar-refractivity contribution is -0.119. The van der Waals surface area contributed by atoms with E-state index in [2.05, 4.69) is 34.7 Å². The van der Waals surface area contributed by atoms with Gasteiger partial charge in [0.15, 0.2) is 0 Å². The molecular weight excluding hydrogens is 298 g/mol. The fourth-order valence-corrected chi connectivity index (χ4v) is 2.54. The van der Waals surface area contributed by atoms with Crippen LogP contribution in [0.2, 0.25) is 0 Å². The normalized spacial score (nSPS) is 12.2. The second-order valence-corrected chi connectivity index (χ2v) is 6.25. The molecule has 0 bridgehead atoms. The molecule has 118 valence electrons. The van der Waals surface area contributed by atoms with Gasteiger partial charge in [0.25, 0.3) is 0 Å². The summed E-state index contributed by atoms with van der Waals surface area (Å²) in [6.45, 7) is 8.14. The van der Waals surface area contributed by atoms with Gasteiger partial charge in [-0.2, -0.15) is 4.68 Å². The highest BCUT2D eigenvalue weighted by Gasteiger charge is 2.13. The lowest BCUT2D eigenvalue weighted by atomic mass is 10.1. The Morgan fingerprint density at radius 2 is 2.14 bits per heavy atom. The Morgan fingerprint density at radius 3 is 2.82 bits per heavy atom. The Hall–Kier alpha value is -1.89. The number of carbonyl (C=O) groups is 1. The maximum atomic E-state index is 11.8. The van der Waals surface area contributed by atoms with Crippen molar-refractivity contribution in [2.24, 2.45) is 0 Å². The lowest BCUT2D eigenvalue weighted by Gasteiger charge is -2.11. The van der Waals surface area contributed by atoms with Crippen molar-refractivity contribution in [3.8, 4) is 5.69 Å². The Bertz CT molecular complexity index is 655. The van der Waals surface area contributed by atoms with Crippen LogP contribution in [0.4, 0.5) is 0 Å². The molecule has 1 unspecified atom stereocenters. The van der Waals surface area contributed by atoms with Crippen LogP contribution in [0, 0.1) is 13.8 Å². The topological polar surface area (TPSA) is 72.7 Å². The molecular formula is C15H21N5OS. The van der Waals surface area contributed by atoms with E-state index in [1.54, 1.807) is 4.68 Å². The van der Waals surface area contributed by atoms with Crippen LogP contribution in [-0.2, 0) is 4.79 Å². The van der Waals surface area contributed by atoms with Gasteiger partial charge in [0.2, 0.25) is 11.1 Å². The Labute approximate surface area is 134 Å². The van der Waals surface area contributed by atoms with Crippen LogP contribution in [0.3, 0.4) is 0 Å². The number of thioether (sulfide) groups is 1. The standard InChI is InChI=1S/C15H21N5OS/c1-5-12(4)16-14(21)9-22-15-17-18-19-20(15)13-7-6-10(2)11(3)8-13/h6-8,12H,5,9H2,1-4H3,(H,16,21). The molecule has 2 rings (SSSR count). The van der Waals surface area contributed by atoms with Crippen molar-refractivity contribution in [3.05, 3.63) is 29.3 Å². The molecule has 0 aliphatic heterocycles. The third-order valence-corrected chi connectivity index (χ3v) is 4.45. The number of aromatic nitrogens is 4. The average molecular weight is 319 g/mol. The summed E-state index contributed by atoms with van der Waals surface area (Å²) in [6, 6.07) is 6.23. The highest BCUT2D eigenvalue weighted by Crippen LogP contribution is 2.19. The number of benzene rings is 1. The van der Waals surface area contributed by atoms with Gasteiger partial charge in [0, 0.05) is 6.04 Å². The third kappa shape index (κ3) is 4.07. The molecule has 22 heavy (non-hydrogen) atoms. The molecule has 0 saturated carbocycles.